The van der Waals surface area contributed by atoms with E-state index in [0.717, 1.165) is 28.1 Å². The smallest absolute Gasteiger partial charge is 0.428 e. The lowest BCUT2D eigenvalue weighted by Gasteiger charge is -2.53. The van der Waals surface area contributed by atoms with Crippen LogP contribution in [0.3, 0.4) is 0 Å². The Morgan fingerprint density at radius 1 is 1.00 bits per heavy atom. The molecule has 1 aromatic rings. The molecule has 0 aromatic heterocycles. The van der Waals surface area contributed by atoms with Crippen LogP contribution in [0.15, 0.2) is 46.4 Å². The number of imide groups is 1. The highest BCUT2D eigenvalue weighted by atomic mass is 16.6. The first-order valence-electron chi connectivity index (χ1n) is 14.9. The molecular weight excluding hydrogens is 562 g/mol. The molecule has 234 valence electrons. The van der Waals surface area contributed by atoms with Crippen molar-refractivity contribution in [2.75, 3.05) is 26.4 Å². The van der Waals surface area contributed by atoms with Crippen LogP contribution in [0.2, 0.25) is 0 Å². The zero-order chi connectivity index (χ0) is 31.9. The van der Waals surface area contributed by atoms with Crippen LogP contribution < -0.4 is 4.74 Å². The molecular formula is C34H41N3O7. The van der Waals surface area contributed by atoms with Crippen LogP contribution in [0, 0.1) is 23.2 Å². The normalized spacial score (nSPS) is 23.6. The van der Waals surface area contributed by atoms with Crippen LogP contribution in [0.4, 0.5) is 9.59 Å². The Morgan fingerprint density at radius 2 is 1.68 bits per heavy atom. The van der Waals surface area contributed by atoms with E-state index in [2.05, 4.69) is 30.9 Å². The van der Waals surface area contributed by atoms with Gasteiger partial charge in [-0.3, -0.25) is 0 Å². The van der Waals surface area contributed by atoms with E-state index in [9.17, 15) is 9.59 Å². The van der Waals surface area contributed by atoms with Crippen molar-refractivity contribution in [3.05, 3.63) is 47.6 Å². The summed E-state index contributed by atoms with van der Waals surface area (Å²) in [7, 11) is 0. The molecule has 5 rings (SSSR count). The number of nitrogens with zero attached hydrogens (tertiary/aromatic N) is 3. The number of fused-ring (bicyclic) bond motifs is 3. The monoisotopic (exact) mass is 603 g/mol. The third-order valence-corrected chi connectivity index (χ3v) is 7.62. The Kier molecular flexibility index (Phi) is 8.14. The Balaban J connectivity index is 1.64. The first-order valence-corrected chi connectivity index (χ1v) is 14.9. The van der Waals surface area contributed by atoms with Gasteiger partial charge >= 0.3 is 18.2 Å². The minimum Gasteiger partial charge on any atom is -0.492 e. The van der Waals surface area contributed by atoms with Crippen LogP contribution in [0.5, 0.6) is 5.75 Å². The molecule has 2 atom stereocenters. The Hall–Kier alpha value is -4.10. The first-order chi connectivity index (χ1) is 20.7. The summed E-state index contributed by atoms with van der Waals surface area (Å²) < 4.78 is 29.3. The first kappa shape index (κ1) is 31.3. The van der Waals surface area contributed by atoms with Gasteiger partial charge in [0.25, 0.3) is 0 Å². The van der Waals surface area contributed by atoms with Crippen LogP contribution in [-0.2, 0) is 24.5 Å². The SMILES string of the molecule is CC#CC1=NC(c2ccc3c(c2)C2(COC(N(C(=O)OC(C)(C)C)C(=O)OC(C)(C)C)=N2)C2(COC2)CO3)=CC(C)CC=C1. The van der Waals surface area contributed by atoms with Gasteiger partial charge in [0, 0.05) is 11.1 Å². The summed E-state index contributed by atoms with van der Waals surface area (Å²) >= 11 is 0. The van der Waals surface area contributed by atoms with Crippen molar-refractivity contribution < 1.29 is 33.3 Å². The van der Waals surface area contributed by atoms with Crippen molar-refractivity contribution in [3.8, 4) is 17.6 Å². The molecule has 2 amide bonds. The van der Waals surface area contributed by atoms with Gasteiger partial charge in [0.05, 0.1) is 24.3 Å². The summed E-state index contributed by atoms with van der Waals surface area (Å²) in [5.74, 6) is 6.91. The molecule has 1 aromatic carbocycles. The minimum atomic E-state index is -1.02. The predicted molar refractivity (Wildman–Crippen MR) is 166 cm³/mol. The number of amidine groups is 1. The second-order valence-electron chi connectivity index (χ2n) is 13.7. The molecule has 0 saturated carbocycles. The third kappa shape index (κ3) is 6.11. The minimum absolute atomic E-state index is 0.0572. The lowest BCUT2D eigenvalue weighted by Crippen LogP contribution is -2.63. The molecule has 2 spiro atoms. The van der Waals surface area contributed by atoms with E-state index in [1.165, 1.54) is 0 Å². The second-order valence-corrected chi connectivity index (χ2v) is 13.7. The van der Waals surface area contributed by atoms with Crippen LogP contribution in [0.25, 0.3) is 5.70 Å². The molecule has 2 unspecified atom stereocenters. The number of benzene rings is 1. The molecule has 1 saturated heterocycles. The van der Waals surface area contributed by atoms with E-state index in [0.29, 0.717) is 31.3 Å². The summed E-state index contributed by atoms with van der Waals surface area (Å²) in [6.45, 7) is 15.4. The molecule has 4 heterocycles. The fourth-order valence-electron chi connectivity index (χ4n) is 5.49. The number of amides is 2. The van der Waals surface area contributed by atoms with Gasteiger partial charge in [-0.2, -0.15) is 0 Å². The summed E-state index contributed by atoms with van der Waals surface area (Å²) in [6, 6.07) is 5.70. The maximum atomic E-state index is 13.4. The molecule has 10 nitrogen and oxygen atoms in total. The fourth-order valence-corrected chi connectivity index (χ4v) is 5.49. The maximum Gasteiger partial charge on any atom is 0.428 e. The van der Waals surface area contributed by atoms with Gasteiger partial charge < -0.3 is 23.7 Å². The van der Waals surface area contributed by atoms with Crippen molar-refractivity contribution in [2.24, 2.45) is 21.3 Å². The number of ether oxygens (including phenoxy) is 5. The van der Waals surface area contributed by atoms with Gasteiger partial charge in [0.15, 0.2) is 0 Å². The van der Waals surface area contributed by atoms with Crippen molar-refractivity contribution in [3.63, 3.8) is 0 Å². The lowest BCUT2D eigenvalue weighted by molar-refractivity contribution is -0.185. The van der Waals surface area contributed by atoms with Crippen molar-refractivity contribution in [2.45, 2.75) is 78.6 Å². The highest BCUT2D eigenvalue weighted by Gasteiger charge is 2.65. The van der Waals surface area contributed by atoms with E-state index in [4.69, 9.17) is 33.7 Å². The third-order valence-electron chi connectivity index (χ3n) is 7.62. The number of carbonyl (C=O) groups excluding carboxylic acids is 2. The molecule has 0 radical (unpaired) electrons. The second kappa shape index (κ2) is 11.4. The quantitative estimate of drug-likeness (QED) is 0.349. The van der Waals surface area contributed by atoms with Gasteiger partial charge in [0.1, 0.15) is 41.4 Å². The van der Waals surface area contributed by atoms with Gasteiger partial charge in [0.2, 0.25) is 0 Å². The van der Waals surface area contributed by atoms with E-state index in [1.807, 2.05) is 24.3 Å². The van der Waals surface area contributed by atoms with Gasteiger partial charge in [-0.15, -0.1) is 4.90 Å². The van der Waals surface area contributed by atoms with E-state index in [1.54, 1.807) is 48.5 Å². The number of hydrogen-bond donors (Lipinski definition) is 0. The Labute approximate surface area is 259 Å². The summed E-state index contributed by atoms with van der Waals surface area (Å²) in [6.07, 6.45) is 5.15. The molecule has 0 aliphatic carbocycles. The van der Waals surface area contributed by atoms with Crippen LogP contribution >= 0.6 is 0 Å². The van der Waals surface area contributed by atoms with E-state index < -0.39 is 34.3 Å². The average Bonchev–Trinajstić information content (AvgIpc) is 3.29. The fraction of sp³-hybridized carbons (Fsp3) is 0.529. The highest BCUT2D eigenvalue weighted by Crippen LogP contribution is 2.56. The van der Waals surface area contributed by atoms with E-state index >= 15 is 0 Å². The van der Waals surface area contributed by atoms with Gasteiger partial charge in [-0.05, 0) is 91.0 Å². The Morgan fingerprint density at radius 3 is 2.27 bits per heavy atom. The number of aliphatic imine (C=N–C) groups is 2. The van der Waals surface area contributed by atoms with Gasteiger partial charge in [-0.25, -0.2) is 19.6 Å². The molecule has 4 aliphatic heterocycles. The number of rotatable bonds is 1. The summed E-state index contributed by atoms with van der Waals surface area (Å²) in [4.78, 5) is 37.5. The zero-order valence-electron chi connectivity index (χ0n) is 26.8. The van der Waals surface area contributed by atoms with Gasteiger partial charge in [-0.1, -0.05) is 25.0 Å². The summed E-state index contributed by atoms with van der Waals surface area (Å²) in [5, 5.41) is 0. The standard InChI is InChI=1S/C34H41N3O7/c1-9-11-24-13-10-12-22(2)16-26(35-24)23-14-15-27-25(17-23)34(33(20-41-27)18-40-19-33)21-42-28(36-34)37(29(38)43-31(3,4)5)30(39)44-32(6,7)8/h10,13-17,22H,12,18-21H2,1-8H3. The zero-order valence-corrected chi connectivity index (χ0v) is 26.8. The van der Waals surface area contributed by atoms with E-state index in [-0.39, 0.29) is 18.5 Å². The van der Waals surface area contributed by atoms with Crippen LogP contribution in [-0.4, -0.2) is 66.4 Å². The molecule has 10 heteroatoms. The highest BCUT2D eigenvalue weighted by molar-refractivity contribution is 6.11. The van der Waals surface area contributed by atoms with Crippen LogP contribution in [0.1, 0.15) is 72.9 Å². The van der Waals surface area contributed by atoms with Crippen molar-refractivity contribution in [1.82, 2.24) is 4.90 Å². The van der Waals surface area contributed by atoms with Crippen molar-refractivity contribution >= 4 is 29.6 Å². The average molecular weight is 604 g/mol. The lowest BCUT2D eigenvalue weighted by atomic mass is 9.64. The predicted octanol–water partition coefficient (Wildman–Crippen LogP) is 6.25. The largest absolute Gasteiger partial charge is 0.492 e. The molecule has 4 aliphatic rings. The molecule has 1 fully saturated rings. The topological polar surface area (TPSA) is 108 Å². The maximum absolute atomic E-state index is 13.4. The number of allylic oxidation sites excluding steroid dienone is 3. The molecule has 44 heavy (non-hydrogen) atoms. The number of hydrogen-bond acceptors (Lipinski definition) is 9. The van der Waals surface area contributed by atoms with Crippen molar-refractivity contribution in [1.29, 1.82) is 0 Å². The molecule has 0 bridgehead atoms. The Bertz CT molecular complexity index is 1500. The summed E-state index contributed by atoms with van der Waals surface area (Å²) in [5.41, 5.74) is -0.272. The number of carbonyl (C=O) groups is 2. The molecule has 0 N–H and O–H groups in total.